The number of anilines is 1. The maximum Gasteiger partial charge on any atom is 0.410 e. The molecule has 0 spiro atoms. The van der Waals surface area contributed by atoms with Crippen molar-refractivity contribution in [3.05, 3.63) is 16.8 Å². The summed E-state index contributed by atoms with van der Waals surface area (Å²) >= 11 is 5.85. The van der Waals surface area contributed by atoms with Crippen LogP contribution in [0, 0.1) is 18.8 Å². The Kier molecular flexibility index (Phi) is 4.60. The summed E-state index contributed by atoms with van der Waals surface area (Å²) in [6, 6.07) is 2.19. The van der Waals surface area contributed by atoms with Crippen LogP contribution in [0.3, 0.4) is 0 Å². The fourth-order valence-corrected chi connectivity index (χ4v) is 3.88. The number of hydrogen-bond donors (Lipinski definition) is 1. The molecule has 7 heteroatoms. The Morgan fingerprint density at radius 1 is 1.29 bits per heavy atom. The zero-order valence-electron chi connectivity index (χ0n) is 14.7. The molecule has 1 aromatic rings. The monoisotopic (exact) mass is 352 g/mol. The van der Waals surface area contributed by atoms with Crippen molar-refractivity contribution in [1.29, 1.82) is 0 Å². The molecular formula is C17H25ClN4O2. The Labute approximate surface area is 147 Å². The quantitative estimate of drug-likeness (QED) is 0.882. The van der Waals surface area contributed by atoms with Gasteiger partial charge in [-0.15, -0.1) is 10.2 Å². The van der Waals surface area contributed by atoms with Crippen molar-refractivity contribution in [3.63, 3.8) is 0 Å². The fraction of sp³-hybridized carbons (Fsp3) is 0.706. The zero-order valence-corrected chi connectivity index (χ0v) is 15.4. The molecule has 1 aliphatic carbocycles. The molecule has 1 saturated heterocycles. The molecule has 24 heavy (non-hydrogen) atoms. The highest BCUT2D eigenvalue weighted by atomic mass is 35.5. The summed E-state index contributed by atoms with van der Waals surface area (Å²) in [7, 11) is 0. The molecule has 0 bridgehead atoms. The third kappa shape index (κ3) is 3.91. The molecule has 3 atom stereocenters. The van der Waals surface area contributed by atoms with Crippen LogP contribution in [0.25, 0.3) is 0 Å². The Morgan fingerprint density at radius 3 is 2.46 bits per heavy atom. The fourth-order valence-electron chi connectivity index (χ4n) is 3.68. The number of hydrogen-bond acceptors (Lipinski definition) is 5. The van der Waals surface area contributed by atoms with E-state index in [0.717, 1.165) is 37.3 Å². The molecule has 2 heterocycles. The lowest BCUT2D eigenvalue weighted by Gasteiger charge is -2.25. The molecule has 1 aliphatic heterocycles. The maximum atomic E-state index is 12.2. The molecule has 2 fully saturated rings. The van der Waals surface area contributed by atoms with E-state index in [1.54, 1.807) is 0 Å². The normalized spacial score (nSPS) is 26.4. The van der Waals surface area contributed by atoms with Gasteiger partial charge in [0.05, 0.1) is 0 Å². The van der Waals surface area contributed by atoms with Gasteiger partial charge in [-0.2, -0.15) is 0 Å². The Morgan fingerprint density at radius 2 is 1.92 bits per heavy atom. The van der Waals surface area contributed by atoms with E-state index >= 15 is 0 Å². The van der Waals surface area contributed by atoms with Crippen LogP contribution < -0.4 is 5.32 Å². The minimum Gasteiger partial charge on any atom is -0.444 e. The summed E-state index contributed by atoms with van der Waals surface area (Å²) in [5.74, 6) is 1.85. The topological polar surface area (TPSA) is 67.4 Å². The first-order chi connectivity index (χ1) is 11.2. The van der Waals surface area contributed by atoms with E-state index in [-0.39, 0.29) is 6.09 Å². The third-order valence-electron chi connectivity index (χ3n) is 4.70. The second-order valence-corrected chi connectivity index (χ2v) is 8.30. The van der Waals surface area contributed by atoms with Crippen LogP contribution in [-0.4, -0.2) is 45.9 Å². The minimum absolute atomic E-state index is 0.194. The maximum absolute atomic E-state index is 12.2. The predicted molar refractivity (Wildman–Crippen MR) is 93.2 cm³/mol. The number of rotatable bonds is 2. The van der Waals surface area contributed by atoms with Gasteiger partial charge in [-0.3, -0.25) is 0 Å². The van der Waals surface area contributed by atoms with Crippen molar-refractivity contribution < 1.29 is 9.53 Å². The standard InChI is InChI=1S/C17H25ClN4O2/c1-10-5-14(18)20-21-15(10)19-13-6-11-8-22(9-12(11)7-13)16(23)24-17(2,3)4/h5,11-13H,6-9H2,1-4H3,(H,19,21)/t11-,12?,13?/m1/s1. The molecule has 1 aromatic heterocycles. The number of nitrogens with zero attached hydrogens (tertiary/aromatic N) is 3. The van der Waals surface area contributed by atoms with Gasteiger partial charge in [0.1, 0.15) is 5.60 Å². The summed E-state index contributed by atoms with van der Waals surface area (Å²) in [4.78, 5) is 14.0. The van der Waals surface area contributed by atoms with Gasteiger partial charge in [-0.25, -0.2) is 4.79 Å². The lowest BCUT2D eigenvalue weighted by molar-refractivity contribution is 0.0280. The third-order valence-corrected chi connectivity index (χ3v) is 4.88. The number of fused-ring (bicyclic) bond motifs is 1. The predicted octanol–water partition coefficient (Wildman–Crippen LogP) is 3.50. The van der Waals surface area contributed by atoms with Crippen LogP contribution in [0.2, 0.25) is 5.15 Å². The molecular weight excluding hydrogens is 328 g/mol. The van der Waals surface area contributed by atoms with E-state index in [4.69, 9.17) is 16.3 Å². The average Bonchev–Trinajstić information content (AvgIpc) is 2.98. The highest BCUT2D eigenvalue weighted by Crippen LogP contribution is 2.39. The van der Waals surface area contributed by atoms with Gasteiger partial charge in [0.2, 0.25) is 0 Å². The number of halogens is 1. The highest BCUT2D eigenvalue weighted by Gasteiger charge is 2.43. The van der Waals surface area contributed by atoms with Gasteiger partial charge in [-0.1, -0.05) is 11.6 Å². The summed E-state index contributed by atoms with van der Waals surface area (Å²) in [6.45, 7) is 9.24. The Balaban J connectivity index is 1.54. The molecule has 0 aromatic carbocycles. The van der Waals surface area contributed by atoms with Crippen molar-refractivity contribution in [3.8, 4) is 0 Å². The van der Waals surface area contributed by atoms with Gasteiger partial charge in [0.15, 0.2) is 11.0 Å². The largest absolute Gasteiger partial charge is 0.444 e. The second kappa shape index (κ2) is 6.39. The van der Waals surface area contributed by atoms with Crippen LogP contribution in [0.4, 0.5) is 10.6 Å². The molecule has 2 aliphatic rings. The summed E-state index contributed by atoms with van der Waals surface area (Å²) in [6.07, 6.45) is 1.88. The van der Waals surface area contributed by atoms with E-state index in [9.17, 15) is 4.79 Å². The Hall–Kier alpha value is -1.56. The smallest absolute Gasteiger partial charge is 0.410 e. The van der Waals surface area contributed by atoms with E-state index in [0.29, 0.717) is 23.0 Å². The van der Waals surface area contributed by atoms with Crippen LogP contribution in [0.1, 0.15) is 39.2 Å². The first kappa shape index (κ1) is 17.3. The van der Waals surface area contributed by atoms with Crippen molar-refractivity contribution in [2.45, 2.75) is 52.2 Å². The van der Waals surface area contributed by atoms with Gasteiger partial charge in [0, 0.05) is 19.1 Å². The zero-order chi connectivity index (χ0) is 17.5. The molecule has 1 saturated carbocycles. The molecule has 6 nitrogen and oxygen atoms in total. The minimum atomic E-state index is -0.441. The number of carbonyl (C=O) groups is 1. The average molecular weight is 353 g/mol. The highest BCUT2D eigenvalue weighted by molar-refractivity contribution is 6.29. The molecule has 1 amide bonds. The number of carbonyl (C=O) groups excluding carboxylic acids is 1. The number of aromatic nitrogens is 2. The van der Waals surface area contributed by atoms with Crippen LogP contribution >= 0.6 is 11.6 Å². The molecule has 2 unspecified atom stereocenters. The molecule has 0 radical (unpaired) electrons. The van der Waals surface area contributed by atoms with Gasteiger partial charge < -0.3 is 15.0 Å². The van der Waals surface area contributed by atoms with Crippen LogP contribution in [0.5, 0.6) is 0 Å². The first-order valence-electron chi connectivity index (χ1n) is 8.45. The molecule has 132 valence electrons. The summed E-state index contributed by atoms with van der Waals surface area (Å²) in [5.41, 5.74) is 0.561. The second-order valence-electron chi connectivity index (χ2n) is 7.92. The number of nitrogens with one attached hydrogen (secondary N) is 1. The lowest BCUT2D eigenvalue weighted by atomic mass is 10.0. The summed E-state index contributed by atoms with van der Waals surface area (Å²) < 4.78 is 5.48. The number of likely N-dealkylation sites (tertiary alicyclic amines) is 1. The van der Waals surface area contributed by atoms with Crippen molar-refractivity contribution in [2.75, 3.05) is 18.4 Å². The van der Waals surface area contributed by atoms with E-state index in [1.807, 2.05) is 38.7 Å². The number of aryl methyl sites for hydroxylation is 1. The Bertz CT molecular complexity index is 618. The van der Waals surface area contributed by atoms with Gasteiger partial charge >= 0.3 is 6.09 Å². The van der Waals surface area contributed by atoms with E-state index in [2.05, 4.69) is 15.5 Å². The van der Waals surface area contributed by atoms with Crippen LogP contribution in [0.15, 0.2) is 6.07 Å². The molecule has 3 rings (SSSR count). The van der Waals surface area contributed by atoms with Crippen molar-refractivity contribution in [1.82, 2.24) is 15.1 Å². The van der Waals surface area contributed by atoms with E-state index in [1.165, 1.54) is 0 Å². The SMILES string of the molecule is Cc1cc(Cl)nnc1NC1CC2CN(C(=O)OC(C)(C)C)C[C@H]2C1. The van der Waals surface area contributed by atoms with Gasteiger partial charge in [0.25, 0.3) is 0 Å². The molecule has 1 N–H and O–H groups in total. The van der Waals surface area contributed by atoms with Crippen molar-refractivity contribution >= 4 is 23.5 Å². The van der Waals surface area contributed by atoms with Crippen molar-refractivity contribution in [2.24, 2.45) is 11.8 Å². The first-order valence-corrected chi connectivity index (χ1v) is 8.83. The van der Waals surface area contributed by atoms with Crippen LogP contribution in [-0.2, 0) is 4.74 Å². The summed E-state index contributed by atoms with van der Waals surface area (Å²) in [5, 5.41) is 11.9. The number of amides is 1. The number of ether oxygens (including phenoxy) is 1. The van der Waals surface area contributed by atoms with E-state index < -0.39 is 5.60 Å². The lowest BCUT2D eigenvalue weighted by Crippen LogP contribution is -2.36. The van der Waals surface area contributed by atoms with Gasteiger partial charge in [-0.05, 0) is 64.0 Å².